The SMILES string of the molecule is Cc1cc(C(=O)c2cccc(C(F)(F)F)c2)c(C)nn1. The predicted octanol–water partition coefficient (Wildman–Crippen LogP) is 3.34. The summed E-state index contributed by atoms with van der Waals surface area (Å²) < 4.78 is 37.9. The Hall–Kier alpha value is -2.24. The Kier molecular flexibility index (Phi) is 3.57. The molecule has 3 nitrogen and oxygen atoms in total. The van der Waals surface area contributed by atoms with Crippen molar-refractivity contribution in [2.75, 3.05) is 0 Å². The van der Waals surface area contributed by atoms with Gasteiger partial charge in [-0.05, 0) is 32.0 Å². The molecule has 1 heterocycles. The van der Waals surface area contributed by atoms with E-state index >= 15 is 0 Å². The van der Waals surface area contributed by atoms with Gasteiger partial charge in [0.2, 0.25) is 0 Å². The summed E-state index contributed by atoms with van der Waals surface area (Å²) in [7, 11) is 0. The van der Waals surface area contributed by atoms with Gasteiger partial charge in [-0.25, -0.2) is 0 Å². The van der Waals surface area contributed by atoms with Gasteiger partial charge in [0.25, 0.3) is 0 Å². The molecule has 20 heavy (non-hydrogen) atoms. The molecule has 0 saturated carbocycles. The molecule has 0 atom stereocenters. The van der Waals surface area contributed by atoms with E-state index in [-0.39, 0.29) is 11.1 Å². The highest BCUT2D eigenvalue weighted by molar-refractivity contribution is 6.09. The lowest BCUT2D eigenvalue weighted by molar-refractivity contribution is -0.137. The average Bonchev–Trinajstić information content (AvgIpc) is 2.40. The van der Waals surface area contributed by atoms with Crippen molar-refractivity contribution in [1.82, 2.24) is 10.2 Å². The van der Waals surface area contributed by atoms with E-state index in [2.05, 4.69) is 10.2 Å². The molecule has 0 N–H and O–H groups in total. The van der Waals surface area contributed by atoms with E-state index in [9.17, 15) is 18.0 Å². The van der Waals surface area contributed by atoms with E-state index in [1.807, 2.05) is 0 Å². The number of aromatic nitrogens is 2. The number of halogens is 3. The molecule has 6 heteroatoms. The molecule has 0 fully saturated rings. The Bertz CT molecular complexity index is 666. The highest BCUT2D eigenvalue weighted by atomic mass is 19.4. The molecule has 2 rings (SSSR count). The third-order valence-corrected chi connectivity index (χ3v) is 2.80. The second-order valence-electron chi connectivity index (χ2n) is 4.39. The van der Waals surface area contributed by atoms with Crippen LogP contribution in [0.3, 0.4) is 0 Å². The molecule has 0 spiro atoms. The molecule has 104 valence electrons. The number of hydrogen-bond acceptors (Lipinski definition) is 3. The Balaban J connectivity index is 2.46. The van der Waals surface area contributed by atoms with Crippen LogP contribution in [-0.2, 0) is 6.18 Å². The minimum absolute atomic E-state index is 0.0182. The molecule has 0 unspecified atom stereocenters. The maximum Gasteiger partial charge on any atom is 0.416 e. The normalized spacial score (nSPS) is 11.4. The monoisotopic (exact) mass is 280 g/mol. The van der Waals surface area contributed by atoms with Crippen LogP contribution in [0.1, 0.15) is 32.9 Å². The standard InChI is InChI=1S/C14H11F3N2O/c1-8-6-12(9(2)19-18-8)13(20)10-4-3-5-11(7-10)14(15,16)17/h3-7H,1-2H3. The second-order valence-corrected chi connectivity index (χ2v) is 4.39. The van der Waals surface area contributed by atoms with Gasteiger partial charge in [-0.3, -0.25) is 4.79 Å². The summed E-state index contributed by atoms with van der Waals surface area (Å²) in [6, 6.07) is 5.86. The highest BCUT2D eigenvalue weighted by Crippen LogP contribution is 2.30. The van der Waals surface area contributed by atoms with Crippen molar-refractivity contribution in [2.24, 2.45) is 0 Å². The average molecular weight is 280 g/mol. The lowest BCUT2D eigenvalue weighted by Gasteiger charge is -2.09. The summed E-state index contributed by atoms with van der Waals surface area (Å²) in [5.41, 5.74) is 0.316. The van der Waals surface area contributed by atoms with Crippen LogP contribution in [0.25, 0.3) is 0 Å². The number of hydrogen-bond donors (Lipinski definition) is 0. The number of carbonyl (C=O) groups is 1. The van der Waals surface area contributed by atoms with E-state index in [1.165, 1.54) is 18.2 Å². The summed E-state index contributed by atoms with van der Waals surface area (Å²) in [5.74, 6) is -0.494. The number of nitrogens with zero attached hydrogens (tertiary/aromatic N) is 2. The first-order chi connectivity index (χ1) is 9.29. The zero-order valence-corrected chi connectivity index (χ0v) is 10.8. The Morgan fingerprint density at radius 1 is 1.10 bits per heavy atom. The molecule has 0 saturated heterocycles. The van der Waals surface area contributed by atoms with Crippen molar-refractivity contribution in [2.45, 2.75) is 20.0 Å². The smallest absolute Gasteiger partial charge is 0.289 e. The fourth-order valence-electron chi connectivity index (χ4n) is 1.77. The molecule has 0 radical (unpaired) electrons. The molecule has 1 aromatic heterocycles. The fraction of sp³-hybridized carbons (Fsp3) is 0.214. The van der Waals surface area contributed by atoms with Gasteiger partial charge < -0.3 is 0 Å². The molecule has 0 aliphatic carbocycles. The first kappa shape index (κ1) is 14.2. The summed E-state index contributed by atoms with van der Waals surface area (Å²) in [5, 5.41) is 7.59. The molecule has 0 aliphatic heterocycles. The first-order valence-electron chi connectivity index (χ1n) is 5.82. The summed E-state index contributed by atoms with van der Waals surface area (Å²) in [6.45, 7) is 3.25. The predicted molar refractivity (Wildman–Crippen MR) is 66.4 cm³/mol. The van der Waals surface area contributed by atoms with Crippen LogP contribution in [0.5, 0.6) is 0 Å². The van der Waals surface area contributed by atoms with Crippen LogP contribution in [0, 0.1) is 13.8 Å². The van der Waals surface area contributed by atoms with Crippen molar-refractivity contribution in [3.63, 3.8) is 0 Å². The maximum absolute atomic E-state index is 12.6. The molecular formula is C14H11F3N2O. The van der Waals surface area contributed by atoms with Crippen molar-refractivity contribution in [3.05, 3.63) is 58.4 Å². The van der Waals surface area contributed by atoms with Crippen LogP contribution in [-0.4, -0.2) is 16.0 Å². The maximum atomic E-state index is 12.6. The largest absolute Gasteiger partial charge is 0.416 e. The second kappa shape index (κ2) is 5.03. The van der Waals surface area contributed by atoms with Gasteiger partial charge in [0.15, 0.2) is 5.78 Å². The molecular weight excluding hydrogens is 269 g/mol. The highest BCUT2D eigenvalue weighted by Gasteiger charge is 2.31. The van der Waals surface area contributed by atoms with Crippen molar-refractivity contribution < 1.29 is 18.0 Å². The van der Waals surface area contributed by atoms with Crippen LogP contribution in [0.2, 0.25) is 0 Å². The topological polar surface area (TPSA) is 42.9 Å². The third-order valence-electron chi connectivity index (χ3n) is 2.80. The molecule has 2 aromatic rings. The van der Waals surface area contributed by atoms with E-state index in [0.29, 0.717) is 11.4 Å². The van der Waals surface area contributed by atoms with Crippen LogP contribution >= 0.6 is 0 Å². The van der Waals surface area contributed by atoms with Gasteiger partial charge >= 0.3 is 6.18 Å². The zero-order valence-electron chi connectivity index (χ0n) is 10.8. The zero-order chi connectivity index (χ0) is 14.9. The van der Waals surface area contributed by atoms with E-state index < -0.39 is 17.5 Å². The van der Waals surface area contributed by atoms with Gasteiger partial charge in [-0.2, -0.15) is 23.4 Å². The number of aryl methyl sites for hydroxylation is 2. The first-order valence-corrected chi connectivity index (χ1v) is 5.82. The molecule has 0 amide bonds. The Morgan fingerprint density at radius 2 is 1.80 bits per heavy atom. The minimum Gasteiger partial charge on any atom is -0.289 e. The van der Waals surface area contributed by atoms with Gasteiger partial charge in [0, 0.05) is 11.1 Å². The van der Waals surface area contributed by atoms with E-state index in [0.717, 1.165) is 12.1 Å². The number of rotatable bonds is 2. The van der Waals surface area contributed by atoms with Crippen LogP contribution < -0.4 is 0 Å². The van der Waals surface area contributed by atoms with Crippen molar-refractivity contribution in [1.29, 1.82) is 0 Å². The van der Waals surface area contributed by atoms with E-state index in [4.69, 9.17) is 0 Å². The Morgan fingerprint density at radius 3 is 2.45 bits per heavy atom. The summed E-state index contributed by atoms with van der Waals surface area (Å²) >= 11 is 0. The third kappa shape index (κ3) is 2.84. The number of ketones is 1. The van der Waals surface area contributed by atoms with Crippen molar-refractivity contribution in [3.8, 4) is 0 Å². The lowest BCUT2D eigenvalue weighted by Crippen LogP contribution is -2.10. The summed E-state index contributed by atoms with van der Waals surface area (Å²) in [6.07, 6.45) is -4.47. The quantitative estimate of drug-likeness (QED) is 0.792. The van der Waals surface area contributed by atoms with Gasteiger partial charge in [-0.1, -0.05) is 12.1 Å². The van der Waals surface area contributed by atoms with Crippen LogP contribution in [0.4, 0.5) is 13.2 Å². The minimum atomic E-state index is -4.47. The molecule has 0 bridgehead atoms. The van der Waals surface area contributed by atoms with Crippen molar-refractivity contribution >= 4 is 5.78 Å². The number of benzene rings is 1. The number of carbonyl (C=O) groups excluding carboxylic acids is 1. The molecule has 0 aliphatic rings. The van der Waals surface area contributed by atoms with Gasteiger partial charge in [0.05, 0.1) is 17.0 Å². The summed E-state index contributed by atoms with van der Waals surface area (Å²) in [4.78, 5) is 12.3. The van der Waals surface area contributed by atoms with Crippen LogP contribution in [0.15, 0.2) is 30.3 Å². The lowest BCUT2D eigenvalue weighted by atomic mass is 10.0. The molecule has 1 aromatic carbocycles. The van der Waals surface area contributed by atoms with Gasteiger partial charge in [-0.15, -0.1) is 0 Å². The van der Waals surface area contributed by atoms with Gasteiger partial charge in [0.1, 0.15) is 0 Å². The Labute approximate surface area is 113 Å². The fourth-order valence-corrected chi connectivity index (χ4v) is 1.77. The van der Waals surface area contributed by atoms with E-state index in [1.54, 1.807) is 13.8 Å². The number of alkyl halides is 3.